The molecule has 1 aliphatic rings. The molecule has 0 aliphatic carbocycles. The van der Waals surface area contributed by atoms with Gasteiger partial charge >= 0.3 is 0 Å². The summed E-state index contributed by atoms with van der Waals surface area (Å²) < 4.78 is 12.9. The Morgan fingerprint density at radius 3 is 2.48 bits per heavy atom. The van der Waals surface area contributed by atoms with Gasteiger partial charge in [-0.2, -0.15) is 5.10 Å². The van der Waals surface area contributed by atoms with E-state index in [1.54, 1.807) is 0 Å². The average Bonchev–Trinajstić information content (AvgIpc) is 3.51. The molecule has 6 nitrogen and oxygen atoms in total. The predicted molar refractivity (Wildman–Crippen MR) is 127 cm³/mol. The third-order valence-electron chi connectivity index (χ3n) is 5.66. The molecule has 0 atom stereocenters. The van der Waals surface area contributed by atoms with Crippen molar-refractivity contribution >= 4 is 5.91 Å². The van der Waals surface area contributed by atoms with Crippen molar-refractivity contribution in [2.75, 3.05) is 13.3 Å². The second kappa shape index (κ2) is 9.61. The molecule has 0 saturated carbocycles. The monoisotopic (exact) mass is 439 g/mol. The Balaban J connectivity index is 1.31. The van der Waals surface area contributed by atoms with Gasteiger partial charge in [-0.25, -0.2) is 4.68 Å². The topological polar surface area (TPSA) is 65.4 Å². The summed E-state index contributed by atoms with van der Waals surface area (Å²) in [6.07, 6.45) is 3.81. The SMILES string of the molecule is O=C(CCc1cn(-c2ccccc2)nc1-c1ccc2c(c1)OCO2)NCCc1ccccc1. The first kappa shape index (κ1) is 20.8. The van der Waals surface area contributed by atoms with Crippen LogP contribution in [0.3, 0.4) is 0 Å². The van der Waals surface area contributed by atoms with Crippen LogP contribution in [0.15, 0.2) is 85.1 Å². The quantitative estimate of drug-likeness (QED) is 0.437. The molecule has 0 fully saturated rings. The van der Waals surface area contributed by atoms with E-state index < -0.39 is 0 Å². The van der Waals surface area contributed by atoms with Crippen LogP contribution in [0.4, 0.5) is 0 Å². The number of aromatic nitrogens is 2. The number of carbonyl (C=O) groups is 1. The molecule has 0 unspecified atom stereocenters. The molecular weight excluding hydrogens is 414 g/mol. The molecule has 0 bridgehead atoms. The Morgan fingerprint density at radius 1 is 0.909 bits per heavy atom. The van der Waals surface area contributed by atoms with E-state index in [0.717, 1.165) is 34.7 Å². The van der Waals surface area contributed by atoms with Crippen LogP contribution in [-0.4, -0.2) is 29.0 Å². The van der Waals surface area contributed by atoms with Crippen LogP contribution >= 0.6 is 0 Å². The number of nitrogens with zero attached hydrogens (tertiary/aromatic N) is 2. The minimum absolute atomic E-state index is 0.0371. The Labute approximate surface area is 192 Å². The number of fused-ring (bicyclic) bond motifs is 1. The lowest BCUT2D eigenvalue weighted by Crippen LogP contribution is -2.25. The van der Waals surface area contributed by atoms with E-state index in [1.807, 2.05) is 77.6 Å². The Hall–Kier alpha value is -4.06. The van der Waals surface area contributed by atoms with E-state index in [9.17, 15) is 4.79 Å². The molecule has 6 heteroatoms. The number of para-hydroxylation sites is 1. The largest absolute Gasteiger partial charge is 0.454 e. The Kier molecular flexibility index (Phi) is 6.06. The van der Waals surface area contributed by atoms with Gasteiger partial charge in [-0.1, -0.05) is 48.5 Å². The third kappa shape index (κ3) is 4.90. The molecule has 0 saturated heterocycles. The minimum Gasteiger partial charge on any atom is -0.454 e. The first-order valence-corrected chi connectivity index (χ1v) is 11.1. The second-order valence-corrected chi connectivity index (χ2v) is 7.94. The molecule has 0 radical (unpaired) electrons. The maximum atomic E-state index is 12.5. The van der Waals surface area contributed by atoms with E-state index in [1.165, 1.54) is 5.56 Å². The third-order valence-corrected chi connectivity index (χ3v) is 5.66. The van der Waals surface area contributed by atoms with Crippen LogP contribution in [0.5, 0.6) is 11.5 Å². The highest BCUT2D eigenvalue weighted by molar-refractivity contribution is 5.77. The van der Waals surface area contributed by atoms with Gasteiger partial charge < -0.3 is 14.8 Å². The van der Waals surface area contributed by atoms with Gasteiger partial charge in [-0.15, -0.1) is 0 Å². The van der Waals surface area contributed by atoms with E-state index in [4.69, 9.17) is 14.6 Å². The van der Waals surface area contributed by atoms with E-state index in [0.29, 0.717) is 25.1 Å². The zero-order chi connectivity index (χ0) is 22.5. The summed E-state index contributed by atoms with van der Waals surface area (Å²) in [4.78, 5) is 12.5. The molecular formula is C27H25N3O3. The van der Waals surface area contributed by atoms with Gasteiger partial charge in [0, 0.05) is 24.7 Å². The lowest BCUT2D eigenvalue weighted by atomic mass is 10.0. The highest BCUT2D eigenvalue weighted by Gasteiger charge is 2.18. The second-order valence-electron chi connectivity index (χ2n) is 7.94. The smallest absolute Gasteiger partial charge is 0.231 e. The van der Waals surface area contributed by atoms with Gasteiger partial charge in [0.1, 0.15) is 0 Å². The number of benzene rings is 3. The normalized spacial score (nSPS) is 12.0. The highest BCUT2D eigenvalue weighted by atomic mass is 16.7. The molecule has 1 aromatic heterocycles. The van der Waals surface area contributed by atoms with Crippen molar-refractivity contribution in [2.45, 2.75) is 19.3 Å². The summed E-state index contributed by atoms with van der Waals surface area (Å²) in [7, 11) is 0. The fraction of sp³-hybridized carbons (Fsp3) is 0.185. The summed E-state index contributed by atoms with van der Waals surface area (Å²) in [6, 6.07) is 26.0. The van der Waals surface area contributed by atoms with Gasteiger partial charge in [0.15, 0.2) is 11.5 Å². The fourth-order valence-electron chi connectivity index (χ4n) is 3.92. The fourth-order valence-corrected chi connectivity index (χ4v) is 3.92. The van der Waals surface area contributed by atoms with Crippen LogP contribution in [0.25, 0.3) is 16.9 Å². The van der Waals surface area contributed by atoms with Crippen LogP contribution in [0.2, 0.25) is 0 Å². The Morgan fingerprint density at radius 2 is 1.67 bits per heavy atom. The van der Waals surface area contributed by atoms with Crippen LogP contribution in [0, 0.1) is 0 Å². The zero-order valence-electron chi connectivity index (χ0n) is 18.2. The summed E-state index contributed by atoms with van der Waals surface area (Å²) in [6.45, 7) is 0.856. The number of nitrogens with one attached hydrogen (secondary N) is 1. The number of amides is 1. The van der Waals surface area contributed by atoms with Crippen molar-refractivity contribution < 1.29 is 14.3 Å². The number of aryl methyl sites for hydroxylation is 1. The molecule has 166 valence electrons. The highest BCUT2D eigenvalue weighted by Crippen LogP contribution is 2.36. The van der Waals surface area contributed by atoms with Gasteiger partial charge in [0.05, 0.1) is 11.4 Å². The molecule has 0 spiro atoms. The number of hydrogen-bond acceptors (Lipinski definition) is 4. The van der Waals surface area contributed by atoms with Crippen molar-refractivity contribution in [2.24, 2.45) is 0 Å². The van der Waals surface area contributed by atoms with Gasteiger partial charge in [-0.05, 0) is 54.3 Å². The maximum absolute atomic E-state index is 12.5. The van der Waals surface area contributed by atoms with E-state index in [-0.39, 0.29) is 12.7 Å². The predicted octanol–water partition coefficient (Wildman–Crippen LogP) is 4.56. The van der Waals surface area contributed by atoms with Crippen LogP contribution < -0.4 is 14.8 Å². The molecule has 4 aromatic rings. The molecule has 3 aromatic carbocycles. The number of carbonyl (C=O) groups excluding carboxylic acids is 1. The molecule has 1 aliphatic heterocycles. The summed E-state index contributed by atoms with van der Waals surface area (Å²) >= 11 is 0. The lowest BCUT2D eigenvalue weighted by molar-refractivity contribution is -0.121. The molecule has 33 heavy (non-hydrogen) atoms. The minimum atomic E-state index is 0.0371. The van der Waals surface area contributed by atoms with Crippen molar-refractivity contribution in [3.63, 3.8) is 0 Å². The molecule has 2 heterocycles. The number of rotatable bonds is 8. The summed E-state index contributed by atoms with van der Waals surface area (Å²) in [5, 5.41) is 7.87. The van der Waals surface area contributed by atoms with Gasteiger partial charge in [0.25, 0.3) is 0 Å². The van der Waals surface area contributed by atoms with Crippen LogP contribution in [-0.2, 0) is 17.6 Å². The lowest BCUT2D eigenvalue weighted by Gasteiger charge is -2.06. The van der Waals surface area contributed by atoms with Gasteiger partial charge in [0.2, 0.25) is 12.7 Å². The Bertz CT molecular complexity index is 1240. The van der Waals surface area contributed by atoms with Crippen LogP contribution in [0.1, 0.15) is 17.5 Å². The van der Waals surface area contributed by atoms with Crippen molar-refractivity contribution in [3.05, 3.63) is 96.2 Å². The van der Waals surface area contributed by atoms with Crippen molar-refractivity contribution in [1.82, 2.24) is 15.1 Å². The molecule has 5 rings (SSSR count). The van der Waals surface area contributed by atoms with Gasteiger partial charge in [-0.3, -0.25) is 4.79 Å². The first-order chi connectivity index (χ1) is 16.3. The zero-order valence-corrected chi connectivity index (χ0v) is 18.2. The maximum Gasteiger partial charge on any atom is 0.231 e. The summed E-state index contributed by atoms with van der Waals surface area (Å²) in [5.74, 6) is 1.49. The standard InChI is InChI=1S/C27H25N3O3/c31-26(28-16-15-20-7-3-1-4-8-20)14-12-22-18-30(23-9-5-2-6-10-23)29-27(22)21-11-13-24-25(17-21)33-19-32-24/h1-11,13,17-18H,12,14-16,19H2,(H,28,31). The van der Waals surface area contributed by atoms with Crippen molar-refractivity contribution in [1.29, 1.82) is 0 Å². The average molecular weight is 440 g/mol. The van der Waals surface area contributed by atoms with E-state index in [2.05, 4.69) is 17.4 Å². The molecule has 1 N–H and O–H groups in total. The summed E-state index contributed by atoms with van der Waals surface area (Å²) in [5.41, 5.74) is 4.98. The molecule has 1 amide bonds. The number of ether oxygens (including phenoxy) is 2. The van der Waals surface area contributed by atoms with Crippen molar-refractivity contribution in [3.8, 4) is 28.4 Å². The van der Waals surface area contributed by atoms with E-state index >= 15 is 0 Å². The first-order valence-electron chi connectivity index (χ1n) is 11.1. The number of hydrogen-bond donors (Lipinski definition) is 1.